The molecule has 2 unspecified atom stereocenters. The average molecular weight is 340 g/mol. The molecule has 132 valence electrons. The first-order chi connectivity index (χ1) is 12.0. The second-order valence-electron chi connectivity index (χ2n) is 5.89. The minimum Gasteiger partial charge on any atom is -0.335 e. The first-order valence-electron chi connectivity index (χ1n) is 8.30. The highest BCUT2D eigenvalue weighted by Crippen LogP contribution is 2.10. The molecule has 0 heterocycles. The zero-order valence-corrected chi connectivity index (χ0v) is 14.6. The highest BCUT2D eigenvalue weighted by Gasteiger charge is 2.19. The Hall–Kier alpha value is -2.66. The van der Waals surface area contributed by atoms with Gasteiger partial charge in [0.1, 0.15) is 12.5 Å². The van der Waals surface area contributed by atoms with Gasteiger partial charge in [0, 0.05) is 26.7 Å². The summed E-state index contributed by atoms with van der Waals surface area (Å²) >= 11 is 0. The van der Waals surface area contributed by atoms with Crippen LogP contribution in [0.3, 0.4) is 0 Å². The number of ether oxygens (including phenoxy) is 1. The highest BCUT2D eigenvalue weighted by molar-refractivity contribution is 5.73. The predicted molar refractivity (Wildman–Crippen MR) is 96.6 cm³/mol. The Morgan fingerprint density at radius 1 is 0.760 bits per heavy atom. The van der Waals surface area contributed by atoms with Gasteiger partial charge in [-0.1, -0.05) is 60.7 Å². The van der Waals surface area contributed by atoms with Crippen LogP contribution in [0, 0.1) is 0 Å². The minimum absolute atomic E-state index is 0.179. The molecule has 2 rings (SSSR count). The summed E-state index contributed by atoms with van der Waals surface area (Å²) in [7, 11) is 0. The summed E-state index contributed by atoms with van der Waals surface area (Å²) in [5.74, 6) is -0.357. The SMILES string of the molecule is CC(=O)NC(Cc1ccccc1)OC(Cc1ccccc1)NC(C)=O. The molecular weight excluding hydrogens is 316 g/mol. The molecule has 0 aromatic heterocycles. The number of nitrogens with one attached hydrogen (secondary N) is 2. The number of hydrogen-bond acceptors (Lipinski definition) is 3. The van der Waals surface area contributed by atoms with Crippen molar-refractivity contribution in [1.82, 2.24) is 10.6 Å². The predicted octanol–water partition coefficient (Wildman–Crippen LogP) is 2.41. The van der Waals surface area contributed by atoms with E-state index in [1.54, 1.807) is 0 Å². The number of hydrogen-bond donors (Lipinski definition) is 2. The van der Waals surface area contributed by atoms with Crippen LogP contribution in [-0.4, -0.2) is 24.3 Å². The van der Waals surface area contributed by atoms with Gasteiger partial charge < -0.3 is 15.4 Å². The van der Waals surface area contributed by atoms with Crippen LogP contribution < -0.4 is 10.6 Å². The molecule has 0 aliphatic heterocycles. The van der Waals surface area contributed by atoms with Crippen molar-refractivity contribution in [3.05, 3.63) is 71.8 Å². The van der Waals surface area contributed by atoms with Gasteiger partial charge in [0.2, 0.25) is 11.8 Å². The fourth-order valence-electron chi connectivity index (χ4n) is 2.57. The van der Waals surface area contributed by atoms with Crippen molar-refractivity contribution < 1.29 is 14.3 Å². The Morgan fingerprint density at radius 2 is 1.12 bits per heavy atom. The first kappa shape index (κ1) is 18.7. The Morgan fingerprint density at radius 3 is 1.44 bits per heavy atom. The molecule has 0 radical (unpaired) electrons. The molecule has 0 saturated heterocycles. The Balaban J connectivity index is 2.09. The largest absolute Gasteiger partial charge is 0.335 e. The van der Waals surface area contributed by atoms with E-state index in [1.165, 1.54) is 13.8 Å². The molecular formula is C20H24N2O3. The van der Waals surface area contributed by atoms with E-state index in [0.29, 0.717) is 12.8 Å². The summed E-state index contributed by atoms with van der Waals surface area (Å²) in [5, 5.41) is 5.61. The highest BCUT2D eigenvalue weighted by atomic mass is 16.5. The van der Waals surface area contributed by atoms with E-state index in [2.05, 4.69) is 10.6 Å². The van der Waals surface area contributed by atoms with Crippen molar-refractivity contribution in [3.63, 3.8) is 0 Å². The quantitative estimate of drug-likeness (QED) is 0.725. The maximum Gasteiger partial charge on any atom is 0.218 e. The van der Waals surface area contributed by atoms with Gasteiger partial charge in [0.05, 0.1) is 0 Å². The van der Waals surface area contributed by atoms with Crippen molar-refractivity contribution in [2.24, 2.45) is 0 Å². The molecule has 0 fully saturated rings. The van der Waals surface area contributed by atoms with Crippen molar-refractivity contribution in [2.45, 2.75) is 39.1 Å². The fraction of sp³-hybridized carbons (Fsp3) is 0.300. The van der Waals surface area contributed by atoms with Crippen molar-refractivity contribution in [3.8, 4) is 0 Å². The van der Waals surface area contributed by atoms with Crippen LogP contribution in [0.2, 0.25) is 0 Å². The lowest BCUT2D eigenvalue weighted by molar-refractivity contribution is -0.130. The summed E-state index contributed by atoms with van der Waals surface area (Å²) in [5.41, 5.74) is 2.09. The molecule has 25 heavy (non-hydrogen) atoms. The zero-order chi connectivity index (χ0) is 18.1. The van der Waals surface area contributed by atoms with E-state index >= 15 is 0 Å². The molecule has 0 aliphatic rings. The molecule has 2 N–H and O–H groups in total. The molecule has 2 amide bonds. The molecule has 0 bridgehead atoms. The topological polar surface area (TPSA) is 67.4 Å². The van der Waals surface area contributed by atoms with Crippen LogP contribution in [-0.2, 0) is 27.2 Å². The van der Waals surface area contributed by atoms with E-state index in [1.807, 2.05) is 60.7 Å². The Labute approximate surface area is 148 Å². The minimum atomic E-state index is -0.527. The number of carbonyl (C=O) groups is 2. The summed E-state index contributed by atoms with van der Waals surface area (Å²) in [6.07, 6.45) is -0.0164. The van der Waals surface area contributed by atoms with Crippen LogP contribution in [0.15, 0.2) is 60.7 Å². The number of rotatable bonds is 8. The second kappa shape index (κ2) is 9.59. The third kappa shape index (κ3) is 7.18. The van der Waals surface area contributed by atoms with Crippen LogP contribution in [0.5, 0.6) is 0 Å². The van der Waals surface area contributed by atoms with Crippen molar-refractivity contribution >= 4 is 11.8 Å². The maximum absolute atomic E-state index is 11.5. The zero-order valence-electron chi connectivity index (χ0n) is 14.6. The maximum atomic E-state index is 11.5. The summed E-state index contributed by atoms with van der Waals surface area (Å²) in [6, 6.07) is 19.5. The summed E-state index contributed by atoms with van der Waals surface area (Å²) in [4.78, 5) is 23.1. The van der Waals surface area contributed by atoms with Crippen LogP contribution in [0.1, 0.15) is 25.0 Å². The van der Waals surface area contributed by atoms with Gasteiger partial charge in [0.15, 0.2) is 0 Å². The lowest BCUT2D eigenvalue weighted by Crippen LogP contribution is -2.46. The standard InChI is InChI=1S/C20H24N2O3/c1-15(23)21-19(13-17-9-5-3-6-10-17)25-20(22-16(2)24)14-18-11-7-4-8-12-18/h3-12,19-20H,13-14H2,1-2H3,(H,21,23)(H,22,24). The van der Waals surface area contributed by atoms with E-state index < -0.39 is 12.5 Å². The van der Waals surface area contributed by atoms with E-state index in [-0.39, 0.29) is 11.8 Å². The molecule has 2 aromatic carbocycles. The third-order valence-electron chi connectivity index (χ3n) is 3.58. The molecule has 0 aliphatic carbocycles. The van der Waals surface area contributed by atoms with Crippen molar-refractivity contribution in [1.29, 1.82) is 0 Å². The van der Waals surface area contributed by atoms with Crippen LogP contribution in [0.4, 0.5) is 0 Å². The van der Waals surface area contributed by atoms with Gasteiger partial charge >= 0.3 is 0 Å². The van der Waals surface area contributed by atoms with Gasteiger partial charge in [-0.05, 0) is 11.1 Å². The van der Waals surface area contributed by atoms with Gasteiger partial charge in [-0.3, -0.25) is 9.59 Å². The first-order valence-corrected chi connectivity index (χ1v) is 8.30. The summed E-state index contributed by atoms with van der Waals surface area (Å²) < 4.78 is 6.02. The van der Waals surface area contributed by atoms with E-state index in [4.69, 9.17) is 4.74 Å². The van der Waals surface area contributed by atoms with E-state index in [0.717, 1.165) is 11.1 Å². The van der Waals surface area contributed by atoms with Gasteiger partial charge in [-0.2, -0.15) is 0 Å². The monoisotopic (exact) mass is 340 g/mol. The molecule has 0 spiro atoms. The van der Waals surface area contributed by atoms with Crippen molar-refractivity contribution in [2.75, 3.05) is 0 Å². The van der Waals surface area contributed by atoms with Crippen LogP contribution >= 0.6 is 0 Å². The van der Waals surface area contributed by atoms with E-state index in [9.17, 15) is 9.59 Å². The molecule has 2 aromatic rings. The van der Waals surface area contributed by atoms with Gasteiger partial charge in [-0.15, -0.1) is 0 Å². The third-order valence-corrected chi connectivity index (χ3v) is 3.58. The normalized spacial score (nSPS) is 12.9. The number of benzene rings is 2. The second-order valence-corrected chi connectivity index (χ2v) is 5.89. The van der Waals surface area contributed by atoms with Crippen LogP contribution in [0.25, 0.3) is 0 Å². The smallest absolute Gasteiger partial charge is 0.218 e. The summed E-state index contributed by atoms with van der Waals surface area (Å²) in [6.45, 7) is 2.90. The Bertz CT molecular complexity index is 614. The molecule has 5 heteroatoms. The van der Waals surface area contributed by atoms with Gasteiger partial charge in [0.25, 0.3) is 0 Å². The molecule has 0 saturated carbocycles. The van der Waals surface area contributed by atoms with Gasteiger partial charge in [-0.25, -0.2) is 0 Å². The lowest BCUT2D eigenvalue weighted by atomic mass is 10.1. The molecule has 2 atom stereocenters. The Kier molecular flexibility index (Phi) is 7.16. The number of amides is 2. The average Bonchev–Trinajstić information content (AvgIpc) is 2.55. The number of carbonyl (C=O) groups excluding carboxylic acids is 2. The lowest BCUT2D eigenvalue weighted by Gasteiger charge is -2.26. The fourth-order valence-corrected chi connectivity index (χ4v) is 2.57. The molecule has 5 nitrogen and oxygen atoms in total.